The molecule has 1 N–H and O–H groups in total. The maximum absolute atomic E-state index is 9.48. The van der Waals surface area contributed by atoms with E-state index in [1.54, 1.807) is 0 Å². The maximum atomic E-state index is 9.48. The number of rotatable bonds is 4. The van der Waals surface area contributed by atoms with Crippen molar-refractivity contribution in [3.8, 4) is 0 Å². The summed E-state index contributed by atoms with van der Waals surface area (Å²) in [6, 6.07) is 0. The van der Waals surface area contributed by atoms with E-state index in [2.05, 4.69) is 19.9 Å². The van der Waals surface area contributed by atoms with Crippen molar-refractivity contribution in [3.05, 3.63) is 75.9 Å². The van der Waals surface area contributed by atoms with Gasteiger partial charge in [0.1, 0.15) is 0 Å². The molecule has 0 bridgehead atoms. The average molecular weight is 333 g/mol. The molecule has 1 nitrogen and oxygen atoms in total. The van der Waals surface area contributed by atoms with Crippen LogP contribution in [0.2, 0.25) is 0 Å². The second kappa shape index (κ2) is 16.3. The summed E-state index contributed by atoms with van der Waals surface area (Å²) in [5, 5.41) is 9.48. The molecule has 0 atom stereocenters. The minimum absolute atomic E-state index is 0. The van der Waals surface area contributed by atoms with E-state index < -0.39 is 5.60 Å². The summed E-state index contributed by atoms with van der Waals surface area (Å²) in [5.41, 5.74) is 0.660. The number of hydrogen-bond donors (Lipinski definition) is 1. The zero-order chi connectivity index (χ0) is 16.0. The van der Waals surface area contributed by atoms with Crippen molar-refractivity contribution in [2.75, 3.05) is 0 Å². The first-order chi connectivity index (χ1) is 9.99. The predicted molar refractivity (Wildman–Crippen MR) is 91.3 cm³/mol. The van der Waals surface area contributed by atoms with E-state index in [1.165, 1.54) is 5.57 Å². The summed E-state index contributed by atoms with van der Waals surface area (Å²) >= 11 is 0. The molecule has 10 radical (unpaired) electrons. The molecule has 2 aliphatic carbocycles. The zero-order valence-corrected chi connectivity index (χ0v) is 15.9. The molecule has 0 spiro atoms. The van der Waals surface area contributed by atoms with Crippen LogP contribution in [0.1, 0.15) is 47.0 Å². The summed E-state index contributed by atoms with van der Waals surface area (Å²) in [4.78, 5) is 0. The van der Waals surface area contributed by atoms with E-state index in [1.807, 2.05) is 78.1 Å². The van der Waals surface area contributed by atoms with Gasteiger partial charge in [-0.25, -0.2) is 0 Å². The Kier molecular flexibility index (Phi) is 18.2. The molecule has 0 aliphatic heterocycles. The Bertz CT molecular complexity index is 220. The second-order valence-electron chi connectivity index (χ2n) is 5.40. The van der Waals surface area contributed by atoms with Gasteiger partial charge in [-0.2, -0.15) is 6.42 Å². The fourth-order valence-electron chi connectivity index (χ4n) is 1.73. The first-order valence-corrected chi connectivity index (χ1v) is 7.64. The van der Waals surface area contributed by atoms with Crippen LogP contribution in [0.15, 0.2) is 5.57 Å². The fraction of sp³-hybridized carbons (Fsp3) is 0.400. The zero-order valence-electron chi connectivity index (χ0n) is 14.3. The van der Waals surface area contributed by atoms with Crippen LogP contribution in [0.4, 0.5) is 0 Å². The summed E-state index contributed by atoms with van der Waals surface area (Å²) < 4.78 is 0. The molecule has 2 heteroatoms. The number of aliphatic hydroxyl groups is 1. The van der Waals surface area contributed by atoms with Crippen molar-refractivity contribution < 1.29 is 26.8 Å². The topological polar surface area (TPSA) is 20.2 Å². The van der Waals surface area contributed by atoms with E-state index in [0.29, 0.717) is 0 Å². The van der Waals surface area contributed by atoms with Crippen molar-refractivity contribution in [1.29, 1.82) is 0 Å². The first-order valence-electron chi connectivity index (χ1n) is 7.64. The summed E-state index contributed by atoms with van der Waals surface area (Å²) in [7, 11) is 0. The standard InChI is InChI=1S/C10H19O.2C5H5.Ti/c1-5-7-9(6-2)8-10(3,4)11;2*1-2-4-5-3-1;/h11H,5-6,8H2,1-4H3;2*1-5H;/q-1;;;. The van der Waals surface area contributed by atoms with Gasteiger partial charge in [0.15, 0.2) is 0 Å². The largest absolute Gasteiger partial charge is 0.497 e. The minimum atomic E-state index is -0.576. The van der Waals surface area contributed by atoms with Gasteiger partial charge in [0.25, 0.3) is 0 Å². The normalized spacial score (nSPS) is 17.8. The smallest absolute Gasteiger partial charge is 0.0601 e. The Hall–Kier alpha value is 0.414. The molecule has 0 aromatic carbocycles. The third-order valence-electron chi connectivity index (χ3n) is 2.61. The molecule has 0 aromatic rings. The number of allylic oxidation sites excluding steroid dienone is 1. The van der Waals surface area contributed by atoms with Crippen LogP contribution in [0.25, 0.3) is 0 Å². The van der Waals surface area contributed by atoms with Gasteiger partial charge in [-0.1, -0.05) is 20.3 Å². The monoisotopic (exact) mass is 333 g/mol. The molecule has 0 heterocycles. The third kappa shape index (κ3) is 18.5. The molecule has 0 aromatic heterocycles. The molecular formula is C20H29OTi-. The Balaban J connectivity index is 0. The Morgan fingerprint density at radius 2 is 1.14 bits per heavy atom. The van der Waals surface area contributed by atoms with Crippen LogP contribution in [0, 0.1) is 70.3 Å². The van der Waals surface area contributed by atoms with Gasteiger partial charge in [0.05, 0.1) is 5.60 Å². The van der Waals surface area contributed by atoms with Gasteiger partial charge in [-0.15, -0.1) is 0 Å². The van der Waals surface area contributed by atoms with Crippen LogP contribution < -0.4 is 0 Å². The van der Waals surface area contributed by atoms with Gasteiger partial charge in [-0.05, 0) is 84.5 Å². The molecule has 2 aliphatic rings. The molecule has 2 rings (SSSR count). The average Bonchev–Trinajstić information content (AvgIpc) is 3.14. The second-order valence-corrected chi connectivity index (χ2v) is 5.40. The maximum Gasteiger partial charge on any atom is 0.0601 e. The van der Waals surface area contributed by atoms with Gasteiger partial charge in [0.2, 0.25) is 0 Å². The quantitative estimate of drug-likeness (QED) is 0.582. The number of hydrogen-bond acceptors (Lipinski definition) is 1. The predicted octanol–water partition coefficient (Wildman–Crippen LogP) is 4.74. The van der Waals surface area contributed by atoms with Crippen molar-refractivity contribution in [2.45, 2.75) is 52.6 Å². The molecule has 0 saturated heterocycles. The van der Waals surface area contributed by atoms with E-state index >= 15 is 0 Å². The fourth-order valence-corrected chi connectivity index (χ4v) is 1.73. The molecule has 120 valence electrons. The molecule has 0 unspecified atom stereocenters. The molecule has 2 saturated carbocycles. The Labute approximate surface area is 155 Å². The Morgan fingerprint density at radius 1 is 0.818 bits per heavy atom. The summed E-state index contributed by atoms with van der Waals surface area (Å²) in [6.45, 7) is 7.84. The van der Waals surface area contributed by atoms with Crippen LogP contribution in [-0.4, -0.2) is 10.7 Å². The first kappa shape index (κ1) is 24.7. The van der Waals surface area contributed by atoms with E-state index in [4.69, 9.17) is 0 Å². The van der Waals surface area contributed by atoms with Crippen molar-refractivity contribution in [1.82, 2.24) is 0 Å². The SMILES string of the molecule is CC[C-]=C(CC)CC(C)(C)O.[CH]1[CH][CH][CH][CH]1.[CH]1[CH][CH][CH][CH]1.[Ti]. The van der Waals surface area contributed by atoms with E-state index in [9.17, 15) is 5.11 Å². The van der Waals surface area contributed by atoms with Gasteiger partial charge < -0.3 is 11.2 Å². The van der Waals surface area contributed by atoms with E-state index in [0.717, 1.165) is 19.3 Å². The van der Waals surface area contributed by atoms with Crippen LogP contribution in [0.5, 0.6) is 0 Å². The summed E-state index contributed by atoms with van der Waals surface area (Å²) in [5.74, 6) is 0. The minimum Gasteiger partial charge on any atom is -0.497 e. The van der Waals surface area contributed by atoms with Crippen molar-refractivity contribution in [3.63, 3.8) is 0 Å². The summed E-state index contributed by atoms with van der Waals surface area (Å²) in [6.07, 6.45) is 25.9. The third-order valence-corrected chi connectivity index (χ3v) is 2.61. The molecule has 0 amide bonds. The van der Waals surface area contributed by atoms with Gasteiger partial charge >= 0.3 is 0 Å². The molecule has 2 fully saturated rings. The van der Waals surface area contributed by atoms with Gasteiger partial charge in [0, 0.05) is 21.7 Å². The van der Waals surface area contributed by atoms with Crippen LogP contribution in [-0.2, 0) is 21.7 Å². The molecular weight excluding hydrogens is 304 g/mol. The Morgan fingerprint density at radius 3 is 1.32 bits per heavy atom. The van der Waals surface area contributed by atoms with Crippen LogP contribution >= 0.6 is 0 Å². The van der Waals surface area contributed by atoms with E-state index in [-0.39, 0.29) is 21.7 Å². The van der Waals surface area contributed by atoms with Crippen LogP contribution in [0.3, 0.4) is 0 Å². The van der Waals surface area contributed by atoms with Crippen molar-refractivity contribution in [2.24, 2.45) is 0 Å². The van der Waals surface area contributed by atoms with Crippen molar-refractivity contribution >= 4 is 0 Å². The molecule has 22 heavy (non-hydrogen) atoms. The van der Waals surface area contributed by atoms with Gasteiger partial charge in [-0.3, -0.25) is 5.57 Å².